The number of para-hydroxylation sites is 1. The highest BCUT2D eigenvalue weighted by Gasteiger charge is 2.41. The molecule has 9 amide bonds. The number of aromatic amines is 1. The van der Waals surface area contributed by atoms with Gasteiger partial charge in [-0.3, -0.25) is 62.3 Å². The molecule has 27 nitrogen and oxygen atoms in total. The summed E-state index contributed by atoms with van der Waals surface area (Å²) in [7, 11) is 0. The molecule has 0 radical (unpaired) electrons. The number of rotatable bonds is 20. The number of amides is 9. The predicted octanol–water partition coefficient (Wildman–Crippen LogP) is 2.06. The summed E-state index contributed by atoms with van der Waals surface area (Å²) in [6, 6.07) is 3.30. The van der Waals surface area contributed by atoms with Gasteiger partial charge in [0, 0.05) is 55.2 Å². The standard InChI is InChI=1S/C67H95N11O16/c1-39-58(86)59(87)50(27-29-55(68)82)71-37-46(32-42-18-17-19-42)63(91)78-67(4,66(94)77-53(38-79)65(93)74-41(3)61(89)73-40(2)60(69)88)31-16-12-10-8-6-5-7-9-11-13-22-56(83)75-51(28-30-57(84)85)64(92)76-52(33-43-23-25-47(80)26-24-43)54(81)35-44(62(90)72-39)34-45-36-70-49-21-15-14-20-48(45)49/h8,10,14-15,20-21,23-26,36,39-42,44,46,50-53,70-71,79-80H,5-7,9,11-13,16-19,22,27-35,37-38H2,1-4H3,(H2,68,82)(H2,69,88)(H,72,90)(H,73,89)(H,74,93)(H,75,83)(H,76,92)(H,77,94)(H,78,91)(H,84,85)/b10-8+/t39?,40?,41-,44+,46+,50-,51-,52-,53?,67-/m0/s1. The van der Waals surface area contributed by atoms with E-state index < -0.39 is 156 Å². The number of benzene rings is 2. The number of phenols is 1. The van der Waals surface area contributed by atoms with E-state index in [1.807, 2.05) is 18.2 Å². The third-order valence-corrected chi connectivity index (χ3v) is 17.4. The SMILES string of the molecule is CC(NC(=O)[C@H](C)NC(=O)C(CO)NC(=O)[C@]1(C)CCC/C=C/CCCCCCCC(=O)N[C@@H](CCC(=O)O)C(=O)N[C@@H](Cc2ccc(O)cc2)C(=O)C[C@@H](Cc2c[nH]c3ccccc23)C(=O)NC(C)C(=O)C(=O)[C@H](CCC(N)=O)NC[C@@H](CC2CCC2)C(=O)N1)C(N)=O. The summed E-state index contributed by atoms with van der Waals surface area (Å²) in [5, 5.41) is 52.1. The van der Waals surface area contributed by atoms with Crippen LogP contribution < -0.4 is 54.0 Å². The number of aliphatic hydroxyl groups excluding tert-OH is 1. The summed E-state index contributed by atoms with van der Waals surface area (Å²) in [6.45, 7) is 4.21. The number of aromatic hydroxyl groups is 1. The maximum Gasteiger partial charge on any atom is 0.303 e. The summed E-state index contributed by atoms with van der Waals surface area (Å²) in [4.78, 5) is 181. The van der Waals surface area contributed by atoms with E-state index in [4.69, 9.17) is 11.5 Å². The Morgan fingerprint density at radius 3 is 2.01 bits per heavy atom. The van der Waals surface area contributed by atoms with E-state index in [1.165, 1.54) is 52.0 Å². The van der Waals surface area contributed by atoms with Crippen molar-refractivity contribution >= 4 is 87.4 Å². The zero-order chi connectivity index (χ0) is 69.1. The molecule has 16 N–H and O–H groups in total. The van der Waals surface area contributed by atoms with E-state index >= 15 is 0 Å². The highest BCUT2D eigenvalue weighted by atomic mass is 16.4. The third kappa shape index (κ3) is 24.6. The molecule has 5 rings (SSSR count). The molecule has 0 spiro atoms. The van der Waals surface area contributed by atoms with Crippen molar-refractivity contribution in [3.8, 4) is 5.75 Å². The highest BCUT2D eigenvalue weighted by molar-refractivity contribution is 6.41. The van der Waals surface area contributed by atoms with Crippen molar-refractivity contribution in [3.63, 3.8) is 0 Å². The lowest BCUT2D eigenvalue weighted by atomic mass is 9.78. The molecule has 94 heavy (non-hydrogen) atoms. The second kappa shape index (κ2) is 37.7. The number of aromatic nitrogens is 1. The van der Waals surface area contributed by atoms with Gasteiger partial charge in [-0.05, 0) is 134 Å². The first-order valence-electron chi connectivity index (χ1n) is 32.5. The number of Topliss-reactive ketones (excluding diaryl/α,β-unsaturated/α-hetero) is 3. The molecule has 1 aliphatic heterocycles. The van der Waals surface area contributed by atoms with Crippen LogP contribution >= 0.6 is 0 Å². The van der Waals surface area contributed by atoms with Crippen LogP contribution in [-0.4, -0.2) is 158 Å². The number of allylic oxidation sites excluding steroid dienone is 2. The second-order valence-electron chi connectivity index (χ2n) is 25.1. The van der Waals surface area contributed by atoms with Gasteiger partial charge in [-0.15, -0.1) is 0 Å². The zero-order valence-corrected chi connectivity index (χ0v) is 54.2. The number of phenolic OH excluding ortho intramolecular Hbond substituents is 1. The van der Waals surface area contributed by atoms with Gasteiger partial charge < -0.3 is 74.3 Å². The van der Waals surface area contributed by atoms with Crippen LogP contribution in [0, 0.1) is 17.8 Å². The Morgan fingerprint density at radius 2 is 1.35 bits per heavy atom. The number of hydrogen-bond donors (Lipinski definition) is 14. The number of hydrogen-bond acceptors (Lipinski definition) is 16. The molecule has 1 saturated carbocycles. The molecule has 2 aromatic carbocycles. The Balaban J connectivity index is 1.49. The van der Waals surface area contributed by atoms with Gasteiger partial charge in [-0.2, -0.15) is 0 Å². The Morgan fingerprint density at radius 1 is 0.691 bits per heavy atom. The number of fused-ring (bicyclic) bond motifs is 1. The molecule has 0 bridgehead atoms. The normalized spacial score (nSPS) is 24.1. The molecule has 3 unspecified atom stereocenters. The number of carbonyl (C=O) groups is 13. The first-order valence-corrected chi connectivity index (χ1v) is 32.5. The van der Waals surface area contributed by atoms with Crippen LogP contribution in [0.25, 0.3) is 10.9 Å². The molecule has 2 aliphatic rings. The minimum atomic E-state index is -1.76. The average molecular weight is 1310 g/mol. The largest absolute Gasteiger partial charge is 0.508 e. The van der Waals surface area contributed by atoms with Crippen molar-refractivity contribution in [3.05, 3.63) is 78.0 Å². The Labute approximate surface area is 547 Å². The summed E-state index contributed by atoms with van der Waals surface area (Å²) >= 11 is 0. The summed E-state index contributed by atoms with van der Waals surface area (Å²) in [5.74, 6) is -13.4. The number of carboxylic acid groups (broad SMARTS) is 1. The fourth-order valence-electron chi connectivity index (χ4n) is 11.3. The van der Waals surface area contributed by atoms with E-state index in [9.17, 15) is 77.6 Å². The lowest BCUT2D eigenvalue weighted by molar-refractivity contribution is -0.140. The van der Waals surface area contributed by atoms with Crippen molar-refractivity contribution < 1.29 is 77.6 Å². The van der Waals surface area contributed by atoms with Crippen LogP contribution in [-0.2, 0) is 75.2 Å². The number of nitrogens with one attached hydrogen (secondary N) is 9. The molecular weight excluding hydrogens is 1210 g/mol. The predicted molar refractivity (Wildman–Crippen MR) is 346 cm³/mol. The van der Waals surface area contributed by atoms with Crippen molar-refractivity contribution in [1.82, 2.24) is 47.5 Å². The summed E-state index contributed by atoms with van der Waals surface area (Å²) in [6.07, 6.45) is 10.9. The first-order chi connectivity index (χ1) is 44.7. The number of aliphatic carboxylic acids is 1. The van der Waals surface area contributed by atoms with Gasteiger partial charge in [0.05, 0.1) is 30.7 Å². The minimum absolute atomic E-state index is 0.00957. The molecular formula is C67H95N11O16. The molecule has 27 heteroatoms. The highest BCUT2D eigenvalue weighted by Crippen LogP contribution is 2.33. The smallest absolute Gasteiger partial charge is 0.303 e. The molecule has 10 atom stereocenters. The molecule has 0 saturated heterocycles. The number of ketones is 3. The molecule has 1 fully saturated rings. The van der Waals surface area contributed by atoms with Crippen molar-refractivity contribution in [2.24, 2.45) is 29.2 Å². The van der Waals surface area contributed by atoms with Crippen LogP contribution in [0.3, 0.4) is 0 Å². The zero-order valence-electron chi connectivity index (χ0n) is 54.2. The van der Waals surface area contributed by atoms with Gasteiger partial charge in [0.1, 0.15) is 35.5 Å². The van der Waals surface area contributed by atoms with Gasteiger partial charge in [-0.25, -0.2) is 0 Å². The molecule has 1 aliphatic carbocycles. The number of carboxylic acids is 1. The van der Waals surface area contributed by atoms with E-state index in [-0.39, 0.29) is 69.6 Å². The van der Waals surface area contributed by atoms with Crippen LogP contribution in [0.1, 0.15) is 161 Å². The molecule has 3 aromatic rings. The average Bonchev–Trinajstić information content (AvgIpc) is 1.71. The maximum absolute atomic E-state index is 14.9. The number of carbonyl (C=O) groups excluding carboxylic acids is 12. The molecule has 514 valence electrons. The van der Waals surface area contributed by atoms with Crippen molar-refractivity contribution in [1.29, 1.82) is 0 Å². The Hall–Kier alpha value is -8.85. The van der Waals surface area contributed by atoms with Crippen LogP contribution in [0.15, 0.2) is 66.9 Å². The Bertz CT molecular complexity index is 3180. The van der Waals surface area contributed by atoms with Gasteiger partial charge >= 0.3 is 5.97 Å². The maximum atomic E-state index is 14.9. The van der Waals surface area contributed by atoms with Crippen LogP contribution in [0.2, 0.25) is 0 Å². The lowest BCUT2D eigenvalue weighted by Crippen LogP contribution is -2.63. The third-order valence-electron chi connectivity index (χ3n) is 17.4. The van der Waals surface area contributed by atoms with Gasteiger partial charge in [0.25, 0.3) is 0 Å². The number of primary amides is 2. The second-order valence-corrected chi connectivity index (χ2v) is 25.1. The topological polar surface area (TPSA) is 447 Å². The van der Waals surface area contributed by atoms with Crippen LogP contribution in [0.4, 0.5) is 0 Å². The summed E-state index contributed by atoms with van der Waals surface area (Å²) < 4.78 is 0. The van der Waals surface area contributed by atoms with Crippen molar-refractivity contribution in [2.75, 3.05) is 13.2 Å². The van der Waals surface area contributed by atoms with Gasteiger partial charge in [0.2, 0.25) is 64.7 Å². The fourth-order valence-corrected chi connectivity index (χ4v) is 11.3. The lowest BCUT2D eigenvalue weighted by Gasteiger charge is -2.35. The fraction of sp³-hybridized carbons (Fsp3) is 0.567. The molecule has 1 aromatic heterocycles. The van der Waals surface area contributed by atoms with Gasteiger partial charge in [-0.1, -0.05) is 81.0 Å². The van der Waals surface area contributed by atoms with E-state index in [0.29, 0.717) is 54.1 Å². The number of nitrogens with two attached hydrogens (primary N) is 2. The minimum Gasteiger partial charge on any atom is -0.508 e. The number of H-pyrrole nitrogens is 1. The van der Waals surface area contributed by atoms with Crippen molar-refractivity contribution in [2.45, 2.75) is 210 Å². The van der Waals surface area contributed by atoms with E-state index in [1.54, 1.807) is 24.4 Å². The first kappa shape index (κ1) is 75.9. The van der Waals surface area contributed by atoms with E-state index in [2.05, 4.69) is 47.5 Å². The van der Waals surface area contributed by atoms with E-state index in [0.717, 1.165) is 38.5 Å². The van der Waals surface area contributed by atoms with Gasteiger partial charge in [0.15, 0.2) is 5.78 Å². The quantitative estimate of drug-likeness (QED) is 0.0569. The summed E-state index contributed by atoms with van der Waals surface area (Å²) in [5.41, 5.74) is 10.9. The molecule has 2 heterocycles. The Kier molecular flexibility index (Phi) is 30.5. The van der Waals surface area contributed by atoms with Crippen LogP contribution in [0.5, 0.6) is 5.75 Å². The number of aliphatic hydroxyl groups is 1. The monoisotopic (exact) mass is 1310 g/mol.